The molecule has 0 amide bonds. The second-order valence-corrected chi connectivity index (χ2v) is 19.9. The molecule has 1 aliphatic rings. The number of hydrogen-bond acceptors (Lipinski definition) is 0. The van der Waals surface area contributed by atoms with Crippen LogP contribution in [0.5, 0.6) is 0 Å². The molecule has 0 N–H and O–H groups in total. The van der Waals surface area contributed by atoms with Crippen LogP contribution in [0.1, 0.15) is 298 Å². The molecule has 0 bridgehead atoms. The molecule has 380 valence electrons. The van der Waals surface area contributed by atoms with E-state index < -0.39 is 0 Å². The molecule has 2 nitrogen and oxygen atoms in total. The topological polar surface area (TPSA) is 25.3 Å². The summed E-state index contributed by atoms with van der Waals surface area (Å²) in [5, 5.41) is 0. The van der Waals surface area contributed by atoms with Crippen LogP contribution >= 0.6 is 0 Å². The van der Waals surface area contributed by atoms with E-state index in [1.807, 2.05) is 0 Å². The molecule has 2 aromatic carbocycles. The summed E-state index contributed by atoms with van der Waals surface area (Å²) in [5.41, 5.74) is 25.7. The molecule has 1 heterocycles. The Morgan fingerprint density at radius 2 is 0.742 bits per heavy atom. The maximum Gasteiger partial charge on any atom is 2.00 e. The van der Waals surface area contributed by atoms with Gasteiger partial charge in [0.2, 0.25) is 11.4 Å². The first-order chi connectivity index (χ1) is 31.7. The zero-order valence-electron chi connectivity index (χ0n) is 45.5. The Balaban J connectivity index is 0.00000120. The predicted molar refractivity (Wildman–Crippen MR) is 294 cm³/mol. The summed E-state index contributed by atoms with van der Waals surface area (Å²) < 4.78 is 1.50. The van der Waals surface area contributed by atoms with Crippen molar-refractivity contribution in [1.29, 1.82) is 0 Å². The first kappa shape index (κ1) is 64.2. The average Bonchev–Trinajstić information content (AvgIpc) is 3.64. The number of rotatable bonds is 36. The third-order valence-corrected chi connectivity index (χ3v) is 13.9. The molecule has 0 aromatic heterocycles. The van der Waals surface area contributed by atoms with Crippen LogP contribution in [0.2, 0.25) is 0 Å². The second kappa shape index (κ2) is 43.2. The van der Waals surface area contributed by atoms with Gasteiger partial charge in [0.25, 0.3) is 0 Å². The molecular formula is C63H108N2Pd. The van der Waals surface area contributed by atoms with Crippen LogP contribution in [-0.4, -0.2) is 4.70 Å². The molecule has 2 aromatic rings. The molecule has 0 spiro atoms. The Morgan fingerprint density at radius 1 is 0.409 bits per heavy atom. The van der Waals surface area contributed by atoms with E-state index in [9.17, 15) is 5.53 Å². The number of benzene rings is 2. The second-order valence-electron chi connectivity index (χ2n) is 19.9. The quantitative estimate of drug-likeness (QED) is 0.0281. The van der Waals surface area contributed by atoms with Gasteiger partial charge < -0.3 is 19.4 Å². The van der Waals surface area contributed by atoms with Crippen molar-refractivity contribution in [2.45, 2.75) is 293 Å². The molecular weight excluding hydrogens is 891 g/mol. The van der Waals surface area contributed by atoms with Crippen LogP contribution in [0.25, 0.3) is 16.9 Å². The third-order valence-electron chi connectivity index (χ3n) is 13.9. The van der Waals surface area contributed by atoms with Crippen molar-refractivity contribution in [3.63, 3.8) is 0 Å². The summed E-state index contributed by atoms with van der Waals surface area (Å²) in [6.07, 6.45) is 50.0. The Hall–Kier alpha value is -1.82. The van der Waals surface area contributed by atoms with Gasteiger partial charge in [-0.3, -0.25) is 0 Å². The standard InChI is InChI=1S/C35H50N2.2C14H29.Pd/c1-8-12-16-28-22-31(23-29(17-13-9-2)33(28)19-15-11-4)34-24-30(18-14-10-3)35(37(34)36)32-20-25(5)27(7)26(6)21-32;2*1-3-5-7-9-11-13-14-12-10-8-6-4-2;/h20-24H,8-19H2,1-7H3;2*1,3-14H2,2H3;/q;2*-1;+2. The normalized spacial score (nSPS) is 12.2. The summed E-state index contributed by atoms with van der Waals surface area (Å²) >= 11 is 0. The summed E-state index contributed by atoms with van der Waals surface area (Å²) in [4.78, 5) is 0. The number of unbranched alkanes of at least 4 members (excludes halogenated alkanes) is 26. The molecule has 0 radical (unpaired) electrons. The minimum atomic E-state index is 0. The molecule has 3 rings (SSSR count). The Bertz CT molecular complexity index is 1460. The van der Waals surface area contributed by atoms with E-state index in [0.717, 1.165) is 61.9 Å². The van der Waals surface area contributed by atoms with E-state index in [0.29, 0.717) is 0 Å². The fraction of sp³-hybridized carbons (Fsp3) is 0.714. The third kappa shape index (κ3) is 27.4. The first-order valence-electron chi connectivity index (χ1n) is 28.4. The van der Waals surface area contributed by atoms with E-state index >= 15 is 0 Å². The van der Waals surface area contributed by atoms with Gasteiger partial charge in [-0.1, -0.05) is 208 Å². The fourth-order valence-electron chi connectivity index (χ4n) is 9.28. The molecule has 0 atom stereocenters. The van der Waals surface area contributed by atoms with Gasteiger partial charge in [-0.15, -0.1) is 0 Å². The minimum absolute atomic E-state index is 0. The molecule has 0 unspecified atom stereocenters. The molecule has 3 heteroatoms. The summed E-state index contributed by atoms with van der Waals surface area (Å²) in [6.45, 7) is 27.9. The summed E-state index contributed by atoms with van der Waals surface area (Å²) in [6, 6.07) is 9.29. The number of aryl methyl sites for hydroxylation is 4. The van der Waals surface area contributed by atoms with E-state index in [2.05, 4.69) is 107 Å². The average molecular weight is 1000 g/mol. The molecule has 66 heavy (non-hydrogen) atoms. The molecule has 1 aliphatic heterocycles. The van der Waals surface area contributed by atoms with E-state index in [-0.39, 0.29) is 20.4 Å². The van der Waals surface area contributed by atoms with Crippen molar-refractivity contribution in [2.75, 3.05) is 0 Å². The molecule has 0 saturated carbocycles. The fourth-order valence-corrected chi connectivity index (χ4v) is 9.28. The smallest absolute Gasteiger partial charge is 0.493 e. The van der Waals surface area contributed by atoms with Crippen LogP contribution in [0.3, 0.4) is 0 Å². The van der Waals surface area contributed by atoms with E-state index in [4.69, 9.17) is 0 Å². The van der Waals surface area contributed by atoms with Crippen LogP contribution in [-0.2, 0) is 39.7 Å². The zero-order chi connectivity index (χ0) is 47.9. The van der Waals surface area contributed by atoms with Crippen molar-refractivity contribution >= 4 is 11.4 Å². The largest absolute Gasteiger partial charge is 2.00 e. The van der Waals surface area contributed by atoms with Crippen molar-refractivity contribution < 1.29 is 25.1 Å². The maximum absolute atomic E-state index is 11.7. The van der Waals surface area contributed by atoms with Crippen LogP contribution < -0.4 is 0 Å². The van der Waals surface area contributed by atoms with Gasteiger partial charge in [0.05, 0.1) is 0 Å². The van der Waals surface area contributed by atoms with Crippen molar-refractivity contribution in [1.82, 2.24) is 0 Å². The van der Waals surface area contributed by atoms with Gasteiger partial charge in [-0.2, -0.15) is 12.8 Å². The van der Waals surface area contributed by atoms with Gasteiger partial charge in [-0.05, 0) is 130 Å². The van der Waals surface area contributed by atoms with Crippen molar-refractivity contribution in [2.24, 2.45) is 0 Å². The zero-order valence-corrected chi connectivity index (χ0v) is 47.0. The summed E-state index contributed by atoms with van der Waals surface area (Å²) in [5.74, 6) is 0. The van der Waals surface area contributed by atoms with Crippen molar-refractivity contribution in [3.05, 3.63) is 99.8 Å². The summed E-state index contributed by atoms with van der Waals surface area (Å²) in [7, 11) is 0. The molecule has 0 saturated heterocycles. The van der Waals surface area contributed by atoms with Gasteiger partial charge in [0.15, 0.2) is 0 Å². The van der Waals surface area contributed by atoms with Crippen LogP contribution in [0.4, 0.5) is 0 Å². The van der Waals surface area contributed by atoms with Gasteiger partial charge in [-0.25, -0.2) is 4.70 Å². The predicted octanol–water partition coefficient (Wildman–Crippen LogP) is 21.7. The minimum Gasteiger partial charge on any atom is -0.493 e. The Morgan fingerprint density at radius 3 is 1.11 bits per heavy atom. The Kier molecular flexibility index (Phi) is 42.0. The van der Waals surface area contributed by atoms with Crippen LogP contribution in [0.15, 0.2) is 35.9 Å². The molecule has 0 aliphatic carbocycles. The number of allylic oxidation sites excluding steroid dienone is 2. The van der Waals surface area contributed by atoms with Gasteiger partial charge in [0.1, 0.15) is 0 Å². The van der Waals surface area contributed by atoms with Gasteiger partial charge in [0, 0.05) is 22.8 Å². The Labute approximate surface area is 427 Å². The first-order valence-corrected chi connectivity index (χ1v) is 28.4. The SMILES string of the molecule is CCCCC1=C(c2cc(C)c(C)c(C)c2)[N+](=[N-])C(c2cc(CCCC)c(CCCC)c(CCCC)c2)=C1.[CH2-]CCCCCCCCCCCCC.[CH2-]CCCCCCCCCCCCC.[Pd+2]. The number of hydrogen-bond donors (Lipinski definition) is 0. The molecule has 0 fully saturated rings. The monoisotopic (exact) mass is 999 g/mol. The van der Waals surface area contributed by atoms with Gasteiger partial charge >= 0.3 is 20.4 Å². The number of nitrogens with zero attached hydrogens (tertiary/aromatic N) is 2. The van der Waals surface area contributed by atoms with E-state index in [1.165, 1.54) is 230 Å². The van der Waals surface area contributed by atoms with Crippen molar-refractivity contribution in [3.8, 4) is 0 Å². The van der Waals surface area contributed by atoms with Crippen LogP contribution in [0, 0.1) is 34.6 Å². The van der Waals surface area contributed by atoms with E-state index in [1.54, 1.807) is 5.56 Å². The maximum atomic E-state index is 11.7.